The van der Waals surface area contributed by atoms with E-state index in [0.717, 1.165) is 5.56 Å². The first-order chi connectivity index (χ1) is 8.70. The molecule has 0 amide bonds. The first-order valence-electron chi connectivity index (χ1n) is 5.33. The molecule has 2 rings (SSSR count). The van der Waals surface area contributed by atoms with Crippen LogP contribution >= 0.6 is 11.6 Å². The summed E-state index contributed by atoms with van der Waals surface area (Å²) in [6.07, 6.45) is 3.24. The zero-order valence-corrected chi connectivity index (χ0v) is 10.5. The highest BCUT2D eigenvalue weighted by atomic mass is 35.5. The molecule has 1 N–H and O–H groups in total. The van der Waals surface area contributed by atoms with Crippen LogP contribution in [0.15, 0.2) is 41.2 Å². The highest BCUT2D eigenvalue weighted by molar-refractivity contribution is 6.31. The average Bonchev–Trinajstić information content (AvgIpc) is 2.89. The normalized spacial score (nSPS) is 10.1. The standard InChI is InChI=1S/C13H12ClNO3/c1-17-13(16)11-6-10(14)2-3-12(11)15-7-9-4-5-18-8-9/h2-6,8,15H,7H2,1H3. The van der Waals surface area contributed by atoms with Crippen LogP contribution in [0.5, 0.6) is 0 Å². The smallest absolute Gasteiger partial charge is 0.340 e. The van der Waals surface area contributed by atoms with E-state index >= 15 is 0 Å². The molecular formula is C13H12ClNO3. The van der Waals surface area contributed by atoms with Crippen LogP contribution in [-0.2, 0) is 11.3 Å². The minimum Gasteiger partial charge on any atom is -0.472 e. The Labute approximate surface area is 110 Å². The molecule has 4 nitrogen and oxygen atoms in total. The molecule has 1 aromatic carbocycles. The van der Waals surface area contributed by atoms with Crippen LogP contribution in [0.4, 0.5) is 5.69 Å². The molecular weight excluding hydrogens is 254 g/mol. The van der Waals surface area contributed by atoms with E-state index in [9.17, 15) is 4.79 Å². The number of halogens is 1. The van der Waals surface area contributed by atoms with Crippen molar-refractivity contribution in [3.63, 3.8) is 0 Å². The van der Waals surface area contributed by atoms with Gasteiger partial charge >= 0.3 is 5.97 Å². The zero-order valence-electron chi connectivity index (χ0n) is 9.77. The second-order valence-electron chi connectivity index (χ2n) is 3.67. The van der Waals surface area contributed by atoms with Gasteiger partial charge in [0.2, 0.25) is 0 Å². The molecule has 18 heavy (non-hydrogen) atoms. The third-order valence-corrected chi connectivity index (χ3v) is 2.69. The number of nitrogens with one attached hydrogen (secondary N) is 1. The average molecular weight is 266 g/mol. The van der Waals surface area contributed by atoms with Gasteiger partial charge in [0, 0.05) is 22.8 Å². The predicted molar refractivity (Wildman–Crippen MR) is 68.8 cm³/mol. The van der Waals surface area contributed by atoms with Crippen LogP contribution in [-0.4, -0.2) is 13.1 Å². The van der Waals surface area contributed by atoms with E-state index in [-0.39, 0.29) is 0 Å². The number of carbonyl (C=O) groups excluding carboxylic acids is 1. The predicted octanol–water partition coefficient (Wildman–Crippen LogP) is 3.33. The highest BCUT2D eigenvalue weighted by Gasteiger charge is 2.12. The summed E-state index contributed by atoms with van der Waals surface area (Å²) in [6, 6.07) is 6.88. The van der Waals surface area contributed by atoms with Gasteiger partial charge in [0.1, 0.15) is 0 Å². The van der Waals surface area contributed by atoms with Crippen molar-refractivity contribution in [3.8, 4) is 0 Å². The van der Waals surface area contributed by atoms with E-state index in [0.29, 0.717) is 22.8 Å². The lowest BCUT2D eigenvalue weighted by Crippen LogP contribution is -2.08. The van der Waals surface area contributed by atoms with Gasteiger partial charge in [-0.15, -0.1) is 0 Å². The maximum absolute atomic E-state index is 11.6. The van der Waals surface area contributed by atoms with Crippen molar-refractivity contribution in [2.75, 3.05) is 12.4 Å². The molecule has 0 aliphatic heterocycles. The van der Waals surface area contributed by atoms with E-state index < -0.39 is 5.97 Å². The molecule has 1 aromatic heterocycles. The first-order valence-corrected chi connectivity index (χ1v) is 5.71. The Bertz CT molecular complexity index is 537. The summed E-state index contributed by atoms with van der Waals surface area (Å²) in [5, 5.41) is 3.63. The number of furan rings is 1. The second-order valence-corrected chi connectivity index (χ2v) is 4.10. The summed E-state index contributed by atoms with van der Waals surface area (Å²) in [5.74, 6) is -0.424. The number of hydrogen-bond acceptors (Lipinski definition) is 4. The molecule has 0 fully saturated rings. The Hall–Kier alpha value is -1.94. The van der Waals surface area contributed by atoms with E-state index in [1.165, 1.54) is 7.11 Å². The summed E-state index contributed by atoms with van der Waals surface area (Å²) >= 11 is 5.87. The number of hydrogen-bond donors (Lipinski definition) is 1. The van der Waals surface area contributed by atoms with Crippen molar-refractivity contribution in [1.82, 2.24) is 0 Å². The van der Waals surface area contributed by atoms with E-state index in [1.54, 1.807) is 30.7 Å². The Balaban J connectivity index is 2.18. The number of methoxy groups -OCH3 is 1. The topological polar surface area (TPSA) is 51.5 Å². The van der Waals surface area contributed by atoms with Gasteiger partial charge in [0.15, 0.2) is 0 Å². The fraction of sp³-hybridized carbons (Fsp3) is 0.154. The molecule has 0 radical (unpaired) electrons. The van der Waals surface area contributed by atoms with Crippen LogP contribution in [0.25, 0.3) is 0 Å². The number of anilines is 1. The van der Waals surface area contributed by atoms with E-state index in [4.69, 9.17) is 20.8 Å². The van der Waals surface area contributed by atoms with Crippen LogP contribution in [0.1, 0.15) is 15.9 Å². The maximum Gasteiger partial charge on any atom is 0.340 e. The lowest BCUT2D eigenvalue weighted by atomic mass is 10.1. The van der Waals surface area contributed by atoms with Crippen molar-refractivity contribution in [2.45, 2.75) is 6.54 Å². The third-order valence-electron chi connectivity index (χ3n) is 2.45. The van der Waals surface area contributed by atoms with Crippen LogP contribution in [0.2, 0.25) is 5.02 Å². The van der Waals surface area contributed by atoms with Gasteiger partial charge in [0.25, 0.3) is 0 Å². The quantitative estimate of drug-likeness (QED) is 0.862. The van der Waals surface area contributed by atoms with Crippen LogP contribution < -0.4 is 5.32 Å². The van der Waals surface area contributed by atoms with Crippen molar-refractivity contribution in [1.29, 1.82) is 0 Å². The fourth-order valence-corrected chi connectivity index (χ4v) is 1.71. The molecule has 1 heterocycles. The molecule has 0 unspecified atom stereocenters. The number of ether oxygens (including phenoxy) is 1. The summed E-state index contributed by atoms with van der Waals surface area (Å²) in [4.78, 5) is 11.6. The van der Waals surface area contributed by atoms with E-state index in [2.05, 4.69) is 5.32 Å². The third kappa shape index (κ3) is 2.84. The molecule has 0 bridgehead atoms. The number of esters is 1. The molecule has 0 aliphatic carbocycles. The van der Waals surface area contributed by atoms with Gasteiger partial charge in [0.05, 0.1) is 25.2 Å². The monoisotopic (exact) mass is 265 g/mol. The summed E-state index contributed by atoms with van der Waals surface area (Å²) in [5.41, 5.74) is 2.07. The SMILES string of the molecule is COC(=O)c1cc(Cl)ccc1NCc1ccoc1. The van der Waals surface area contributed by atoms with Crippen molar-refractivity contribution < 1.29 is 13.9 Å². The molecule has 5 heteroatoms. The minimum atomic E-state index is -0.424. The van der Waals surface area contributed by atoms with Crippen molar-refractivity contribution >= 4 is 23.3 Å². The number of benzene rings is 1. The Morgan fingerprint density at radius 3 is 2.94 bits per heavy atom. The molecule has 0 aliphatic rings. The lowest BCUT2D eigenvalue weighted by molar-refractivity contribution is 0.0602. The Kier molecular flexibility index (Phi) is 3.89. The summed E-state index contributed by atoms with van der Waals surface area (Å²) in [7, 11) is 1.34. The molecule has 0 saturated heterocycles. The van der Waals surface area contributed by atoms with Crippen LogP contribution in [0, 0.1) is 0 Å². The first kappa shape index (κ1) is 12.5. The second kappa shape index (κ2) is 5.60. The van der Waals surface area contributed by atoms with Crippen LogP contribution in [0.3, 0.4) is 0 Å². The van der Waals surface area contributed by atoms with E-state index in [1.807, 2.05) is 6.07 Å². The summed E-state index contributed by atoms with van der Waals surface area (Å²) < 4.78 is 9.68. The molecule has 94 valence electrons. The minimum absolute atomic E-state index is 0.411. The Morgan fingerprint density at radius 2 is 2.28 bits per heavy atom. The van der Waals surface area contributed by atoms with Gasteiger partial charge < -0.3 is 14.5 Å². The summed E-state index contributed by atoms with van der Waals surface area (Å²) in [6.45, 7) is 0.558. The largest absolute Gasteiger partial charge is 0.472 e. The van der Waals surface area contributed by atoms with Gasteiger partial charge in [-0.25, -0.2) is 4.79 Å². The Morgan fingerprint density at radius 1 is 1.44 bits per heavy atom. The zero-order chi connectivity index (χ0) is 13.0. The lowest BCUT2D eigenvalue weighted by Gasteiger charge is -2.10. The maximum atomic E-state index is 11.6. The van der Waals surface area contributed by atoms with Gasteiger partial charge in [-0.3, -0.25) is 0 Å². The van der Waals surface area contributed by atoms with Gasteiger partial charge in [-0.1, -0.05) is 11.6 Å². The molecule has 0 saturated carbocycles. The molecule has 0 atom stereocenters. The fourth-order valence-electron chi connectivity index (χ4n) is 1.54. The number of carbonyl (C=O) groups is 1. The number of rotatable bonds is 4. The van der Waals surface area contributed by atoms with Crippen molar-refractivity contribution in [2.24, 2.45) is 0 Å². The van der Waals surface area contributed by atoms with Gasteiger partial charge in [-0.2, -0.15) is 0 Å². The molecule has 0 spiro atoms. The highest BCUT2D eigenvalue weighted by Crippen LogP contribution is 2.22. The molecule has 2 aromatic rings. The van der Waals surface area contributed by atoms with Crippen molar-refractivity contribution in [3.05, 3.63) is 52.9 Å². The van der Waals surface area contributed by atoms with Gasteiger partial charge in [-0.05, 0) is 24.3 Å².